The third-order valence-electron chi connectivity index (χ3n) is 4.68. The second-order valence-electron chi connectivity index (χ2n) is 6.64. The molecule has 4 nitrogen and oxygen atoms in total. The van der Waals surface area contributed by atoms with Crippen molar-refractivity contribution in [2.24, 2.45) is 0 Å². The van der Waals surface area contributed by atoms with Gasteiger partial charge < -0.3 is 20.1 Å². The molecule has 3 rings (SSSR count). The zero-order chi connectivity index (χ0) is 18.4. The second kappa shape index (κ2) is 8.90. The van der Waals surface area contributed by atoms with Crippen molar-refractivity contribution in [3.05, 3.63) is 54.1 Å². The molecule has 2 N–H and O–H groups in total. The minimum absolute atomic E-state index is 0.103. The molecule has 5 heteroatoms. The summed E-state index contributed by atoms with van der Waals surface area (Å²) < 4.78 is 11.2. The molecule has 0 amide bonds. The molecule has 2 aromatic rings. The Labute approximate surface area is 160 Å². The highest BCUT2D eigenvalue weighted by molar-refractivity contribution is 7.80. The van der Waals surface area contributed by atoms with Crippen molar-refractivity contribution >= 4 is 23.0 Å². The van der Waals surface area contributed by atoms with Gasteiger partial charge in [-0.25, -0.2) is 0 Å². The van der Waals surface area contributed by atoms with Crippen molar-refractivity contribution in [3.8, 4) is 11.5 Å². The van der Waals surface area contributed by atoms with Crippen molar-refractivity contribution < 1.29 is 9.47 Å². The van der Waals surface area contributed by atoms with Crippen LogP contribution in [-0.2, 0) is 0 Å². The summed E-state index contributed by atoms with van der Waals surface area (Å²) in [6, 6.07) is 16.1. The number of anilines is 1. The highest BCUT2D eigenvalue weighted by Gasteiger charge is 2.16. The molecule has 1 saturated carbocycles. The standard InChI is InChI=1S/C21H26N2O2S/c1-15(16-7-11-18(24-2)12-8-16)22-21(26)23-17-9-13-20(14-10-17)25-19-5-3-4-6-19/h7-15,19H,3-6H2,1-2H3,(H2,22,23,26)/t15-/m0/s1. The molecule has 26 heavy (non-hydrogen) atoms. The number of benzene rings is 2. The maximum Gasteiger partial charge on any atom is 0.171 e. The number of rotatable bonds is 6. The number of thiocarbonyl (C=S) groups is 1. The van der Waals surface area contributed by atoms with Gasteiger partial charge in [-0.2, -0.15) is 0 Å². The summed E-state index contributed by atoms with van der Waals surface area (Å²) in [7, 11) is 1.67. The van der Waals surface area contributed by atoms with E-state index in [9.17, 15) is 0 Å². The van der Waals surface area contributed by atoms with Crippen LogP contribution in [0.5, 0.6) is 11.5 Å². The van der Waals surface area contributed by atoms with Crippen molar-refractivity contribution in [1.29, 1.82) is 0 Å². The van der Waals surface area contributed by atoms with Gasteiger partial charge in [-0.05, 0) is 86.8 Å². The Bertz CT molecular complexity index is 710. The van der Waals surface area contributed by atoms with E-state index in [0.717, 1.165) is 35.6 Å². The average Bonchev–Trinajstić information content (AvgIpc) is 3.16. The Balaban J connectivity index is 1.50. The Hall–Kier alpha value is -2.27. The van der Waals surface area contributed by atoms with E-state index in [1.54, 1.807) is 7.11 Å². The van der Waals surface area contributed by atoms with Gasteiger partial charge in [0, 0.05) is 5.69 Å². The lowest BCUT2D eigenvalue weighted by Gasteiger charge is -2.18. The number of hydrogen-bond acceptors (Lipinski definition) is 3. The van der Waals surface area contributed by atoms with Crippen LogP contribution in [-0.4, -0.2) is 18.3 Å². The normalized spacial score (nSPS) is 15.3. The van der Waals surface area contributed by atoms with Gasteiger partial charge in [0.25, 0.3) is 0 Å². The number of hydrogen-bond donors (Lipinski definition) is 2. The number of nitrogens with one attached hydrogen (secondary N) is 2. The largest absolute Gasteiger partial charge is 0.497 e. The van der Waals surface area contributed by atoms with E-state index < -0.39 is 0 Å². The summed E-state index contributed by atoms with van der Waals surface area (Å²) >= 11 is 5.43. The van der Waals surface area contributed by atoms with Crippen molar-refractivity contribution in [2.75, 3.05) is 12.4 Å². The Morgan fingerprint density at radius 2 is 1.62 bits per heavy atom. The maximum atomic E-state index is 5.99. The van der Waals surface area contributed by atoms with Crippen molar-refractivity contribution in [1.82, 2.24) is 5.32 Å². The third kappa shape index (κ3) is 5.11. The molecule has 2 aromatic carbocycles. The predicted octanol–water partition coefficient (Wildman–Crippen LogP) is 5.06. The van der Waals surface area contributed by atoms with Gasteiger partial charge in [-0.1, -0.05) is 12.1 Å². The molecule has 1 aliphatic rings. The first-order valence-electron chi connectivity index (χ1n) is 9.12. The molecular weight excluding hydrogens is 344 g/mol. The highest BCUT2D eigenvalue weighted by Crippen LogP contribution is 2.25. The van der Waals surface area contributed by atoms with Gasteiger partial charge in [0.1, 0.15) is 11.5 Å². The first kappa shape index (κ1) is 18.5. The van der Waals surface area contributed by atoms with Crippen LogP contribution < -0.4 is 20.1 Å². The van der Waals surface area contributed by atoms with Crippen LogP contribution in [0.1, 0.15) is 44.2 Å². The Kier molecular flexibility index (Phi) is 6.34. The van der Waals surface area contributed by atoms with Gasteiger partial charge in [0.05, 0.1) is 19.3 Å². The van der Waals surface area contributed by atoms with Crippen LogP contribution in [0.15, 0.2) is 48.5 Å². The fourth-order valence-electron chi connectivity index (χ4n) is 3.16. The Morgan fingerprint density at radius 1 is 1.00 bits per heavy atom. The maximum absolute atomic E-state index is 5.99. The summed E-state index contributed by atoms with van der Waals surface area (Å²) in [4.78, 5) is 0. The minimum atomic E-state index is 0.103. The number of ether oxygens (including phenoxy) is 2. The van der Waals surface area contributed by atoms with E-state index in [4.69, 9.17) is 21.7 Å². The second-order valence-corrected chi connectivity index (χ2v) is 7.05. The van der Waals surface area contributed by atoms with Crippen molar-refractivity contribution in [2.45, 2.75) is 44.8 Å². The summed E-state index contributed by atoms with van der Waals surface area (Å²) in [6.45, 7) is 2.08. The summed E-state index contributed by atoms with van der Waals surface area (Å²) in [6.07, 6.45) is 5.25. The molecule has 1 fully saturated rings. The van der Waals surface area contributed by atoms with Gasteiger partial charge in [0.15, 0.2) is 5.11 Å². The van der Waals surface area contributed by atoms with Crippen LogP contribution in [0.2, 0.25) is 0 Å². The van der Waals surface area contributed by atoms with E-state index in [2.05, 4.69) is 17.6 Å². The van der Waals surface area contributed by atoms with Gasteiger partial charge >= 0.3 is 0 Å². The molecule has 1 atom stereocenters. The molecule has 0 spiro atoms. The summed E-state index contributed by atoms with van der Waals surface area (Å²) in [5.74, 6) is 1.77. The van der Waals surface area contributed by atoms with Crippen LogP contribution >= 0.6 is 12.2 Å². The zero-order valence-electron chi connectivity index (χ0n) is 15.3. The first-order valence-corrected chi connectivity index (χ1v) is 9.53. The van der Waals surface area contributed by atoms with Crippen LogP contribution in [0.4, 0.5) is 5.69 Å². The Morgan fingerprint density at radius 3 is 2.23 bits per heavy atom. The van der Waals surface area contributed by atoms with Crippen LogP contribution in [0, 0.1) is 0 Å². The topological polar surface area (TPSA) is 42.5 Å². The fourth-order valence-corrected chi connectivity index (χ4v) is 3.45. The average molecular weight is 371 g/mol. The molecule has 0 radical (unpaired) electrons. The molecule has 0 aliphatic heterocycles. The lowest BCUT2D eigenvalue weighted by Crippen LogP contribution is -2.30. The van der Waals surface area contributed by atoms with Gasteiger partial charge in [-0.3, -0.25) is 0 Å². The monoisotopic (exact) mass is 370 g/mol. The molecule has 0 heterocycles. The molecule has 0 unspecified atom stereocenters. The lowest BCUT2D eigenvalue weighted by atomic mass is 10.1. The van der Waals surface area contributed by atoms with E-state index in [-0.39, 0.29) is 6.04 Å². The third-order valence-corrected chi connectivity index (χ3v) is 4.90. The zero-order valence-corrected chi connectivity index (χ0v) is 16.1. The molecule has 138 valence electrons. The summed E-state index contributed by atoms with van der Waals surface area (Å²) in [5.41, 5.74) is 2.10. The predicted molar refractivity (Wildman–Crippen MR) is 110 cm³/mol. The number of methoxy groups -OCH3 is 1. The molecule has 0 aromatic heterocycles. The first-order chi connectivity index (χ1) is 12.6. The molecule has 0 saturated heterocycles. The van der Waals surface area contributed by atoms with E-state index in [1.807, 2.05) is 48.5 Å². The summed E-state index contributed by atoms with van der Waals surface area (Å²) in [5, 5.41) is 7.12. The molecular formula is C21H26N2O2S. The fraction of sp³-hybridized carbons (Fsp3) is 0.381. The highest BCUT2D eigenvalue weighted by atomic mass is 32.1. The quantitative estimate of drug-likeness (QED) is 0.696. The van der Waals surface area contributed by atoms with Crippen LogP contribution in [0.25, 0.3) is 0 Å². The lowest BCUT2D eigenvalue weighted by molar-refractivity contribution is 0.210. The minimum Gasteiger partial charge on any atom is -0.497 e. The molecule has 0 bridgehead atoms. The SMILES string of the molecule is COc1ccc([C@H](C)NC(=S)Nc2ccc(OC3CCCC3)cc2)cc1. The smallest absolute Gasteiger partial charge is 0.171 e. The van der Waals surface area contributed by atoms with E-state index >= 15 is 0 Å². The van der Waals surface area contributed by atoms with Crippen molar-refractivity contribution in [3.63, 3.8) is 0 Å². The molecule has 1 aliphatic carbocycles. The van der Waals surface area contributed by atoms with E-state index in [0.29, 0.717) is 11.2 Å². The van der Waals surface area contributed by atoms with Gasteiger partial charge in [-0.15, -0.1) is 0 Å². The van der Waals surface area contributed by atoms with Crippen LogP contribution in [0.3, 0.4) is 0 Å². The van der Waals surface area contributed by atoms with Gasteiger partial charge in [0.2, 0.25) is 0 Å². The van der Waals surface area contributed by atoms with E-state index in [1.165, 1.54) is 12.8 Å².